The van der Waals surface area contributed by atoms with Gasteiger partial charge < -0.3 is 18.3 Å². The highest BCUT2D eigenvalue weighted by Crippen LogP contribution is 2.47. The van der Waals surface area contributed by atoms with Crippen molar-refractivity contribution in [1.29, 1.82) is 0 Å². The van der Waals surface area contributed by atoms with Gasteiger partial charge in [-0.05, 0) is 68.3 Å². The van der Waals surface area contributed by atoms with Crippen LogP contribution < -0.4 is 31.8 Å². The number of aromatic nitrogens is 2. The summed E-state index contributed by atoms with van der Waals surface area (Å²) in [6.45, 7) is 4.62. The first-order valence-electron chi connectivity index (χ1n) is 20.9. The van der Waals surface area contributed by atoms with Crippen molar-refractivity contribution >= 4 is 89.7 Å². The fourth-order valence-corrected chi connectivity index (χ4v) is 15.0. The Morgan fingerprint density at radius 2 is 0.717 bits per heavy atom. The molecule has 4 nitrogen and oxygen atoms in total. The van der Waals surface area contributed by atoms with E-state index < -0.39 is 14.3 Å². The monoisotopic (exact) mass is 816 g/mol. The van der Waals surface area contributed by atoms with Gasteiger partial charge in [-0.1, -0.05) is 165 Å². The lowest BCUT2D eigenvalue weighted by atomic mass is 10.0. The molecular formula is C54H46N2O2P2. The molecule has 2 unspecified atom stereocenters. The largest absolute Gasteiger partial charge is 0.338 e. The zero-order valence-electron chi connectivity index (χ0n) is 33.8. The number of benzene rings is 8. The second-order valence-corrected chi connectivity index (χ2v) is 21.4. The fraction of sp³-hybridized carbons (Fsp3) is 0.111. The number of hydrogen-bond acceptors (Lipinski definition) is 2. The maximum atomic E-state index is 15.8. The van der Waals surface area contributed by atoms with Gasteiger partial charge in [0.05, 0.1) is 0 Å². The molecule has 2 heterocycles. The predicted octanol–water partition coefficient (Wildman–Crippen LogP) is 11.8. The summed E-state index contributed by atoms with van der Waals surface area (Å²) in [5.41, 5.74) is 4.64. The Morgan fingerprint density at radius 1 is 0.383 bits per heavy atom. The molecule has 0 fully saturated rings. The summed E-state index contributed by atoms with van der Waals surface area (Å²) < 4.78 is 36.6. The van der Waals surface area contributed by atoms with Crippen molar-refractivity contribution in [3.8, 4) is 0 Å². The lowest BCUT2D eigenvalue weighted by molar-refractivity contribution is 0.393. The van der Waals surface area contributed by atoms with Gasteiger partial charge in [0.1, 0.15) is 0 Å². The van der Waals surface area contributed by atoms with Crippen LogP contribution in [-0.4, -0.2) is 9.13 Å². The van der Waals surface area contributed by atoms with Crippen LogP contribution in [0.4, 0.5) is 0 Å². The summed E-state index contributed by atoms with van der Waals surface area (Å²) in [5, 5.41) is 9.28. The summed E-state index contributed by atoms with van der Waals surface area (Å²) in [5.74, 6) is 0. The highest BCUT2D eigenvalue weighted by atomic mass is 31.2. The van der Waals surface area contributed by atoms with Gasteiger partial charge in [0.2, 0.25) is 0 Å². The number of rotatable bonds is 11. The van der Waals surface area contributed by atoms with Crippen LogP contribution in [0, 0.1) is 0 Å². The molecule has 0 aliphatic heterocycles. The summed E-state index contributed by atoms with van der Waals surface area (Å²) in [6, 6.07) is 70.1. The Hall–Kier alpha value is -6.18. The summed E-state index contributed by atoms with van der Waals surface area (Å²) in [6.07, 6.45) is 1.85. The molecule has 2 aromatic heterocycles. The fourth-order valence-electron chi connectivity index (χ4n) is 9.64. The maximum Gasteiger partial charge on any atom is 0.171 e. The Balaban J connectivity index is 1.20. The van der Waals surface area contributed by atoms with E-state index in [2.05, 4.69) is 108 Å². The van der Waals surface area contributed by atoms with Gasteiger partial charge in [-0.2, -0.15) is 0 Å². The molecule has 10 rings (SSSR count). The SMILES string of the molecule is CCC(CC(C)n1c2ccc(P(=O)(c3ccccc3)c3ccccc3)cc2c2cc(P(=O)(c3ccccc3)c3ccccc3)ccc21)n1c2ccccc2c2ccccc21. The Labute approximate surface area is 351 Å². The predicted molar refractivity (Wildman–Crippen MR) is 256 cm³/mol. The van der Waals surface area contributed by atoms with Crippen molar-refractivity contribution in [2.24, 2.45) is 0 Å². The molecule has 0 aliphatic carbocycles. The van der Waals surface area contributed by atoms with Crippen LogP contribution in [0.15, 0.2) is 206 Å². The van der Waals surface area contributed by atoms with E-state index in [4.69, 9.17) is 0 Å². The Bertz CT molecular complexity index is 2950. The first kappa shape index (κ1) is 38.0. The third kappa shape index (κ3) is 6.12. The van der Waals surface area contributed by atoms with Crippen molar-refractivity contribution < 1.29 is 9.13 Å². The molecule has 0 aliphatic rings. The van der Waals surface area contributed by atoms with Crippen LogP contribution in [0.3, 0.4) is 0 Å². The van der Waals surface area contributed by atoms with Gasteiger partial charge in [-0.3, -0.25) is 0 Å². The van der Waals surface area contributed by atoms with E-state index in [0.29, 0.717) is 0 Å². The summed E-state index contributed by atoms with van der Waals surface area (Å²) in [7, 11) is -6.58. The van der Waals surface area contributed by atoms with E-state index in [0.717, 1.165) is 66.5 Å². The van der Waals surface area contributed by atoms with E-state index >= 15 is 9.13 Å². The molecule has 294 valence electrons. The quantitative estimate of drug-likeness (QED) is 0.122. The van der Waals surface area contributed by atoms with Gasteiger partial charge >= 0.3 is 0 Å². The summed E-state index contributed by atoms with van der Waals surface area (Å²) in [4.78, 5) is 0. The Kier molecular flexibility index (Phi) is 9.80. The smallest absolute Gasteiger partial charge is 0.171 e. The van der Waals surface area contributed by atoms with Crippen LogP contribution in [0.2, 0.25) is 0 Å². The van der Waals surface area contributed by atoms with Crippen molar-refractivity contribution in [2.45, 2.75) is 38.8 Å². The molecule has 0 saturated heterocycles. The van der Waals surface area contributed by atoms with Crippen molar-refractivity contribution in [3.63, 3.8) is 0 Å². The lowest BCUT2D eigenvalue weighted by Gasteiger charge is -2.26. The van der Waals surface area contributed by atoms with E-state index in [1.807, 2.05) is 121 Å². The van der Waals surface area contributed by atoms with Crippen molar-refractivity contribution in [1.82, 2.24) is 9.13 Å². The molecular weight excluding hydrogens is 771 g/mol. The highest BCUT2D eigenvalue weighted by molar-refractivity contribution is 7.85. The minimum atomic E-state index is -3.29. The van der Waals surface area contributed by atoms with E-state index in [1.165, 1.54) is 21.8 Å². The maximum absolute atomic E-state index is 15.8. The number of nitrogens with zero attached hydrogens (tertiary/aromatic N) is 2. The van der Waals surface area contributed by atoms with E-state index in [9.17, 15) is 0 Å². The molecule has 0 bridgehead atoms. The molecule has 0 N–H and O–H groups in total. The first-order valence-corrected chi connectivity index (χ1v) is 24.3. The number of fused-ring (bicyclic) bond motifs is 6. The van der Waals surface area contributed by atoms with Gasteiger partial charge in [0.15, 0.2) is 14.3 Å². The zero-order chi connectivity index (χ0) is 40.8. The Morgan fingerprint density at radius 3 is 1.08 bits per heavy atom. The minimum Gasteiger partial charge on any atom is -0.338 e. The van der Waals surface area contributed by atoms with E-state index in [-0.39, 0.29) is 12.1 Å². The first-order chi connectivity index (χ1) is 29.4. The average Bonchev–Trinajstić information content (AvgIpc) is 3.83. The molecule has 10 aromatic rings. The topological polar surface area (TPSA) is 44.0 Å². The molecule has 2 atom stereocenters. The minimum absolute atomic E-state index is 0.0803. The van der Waals surface area contributed by atoms with Gasteiger partial charge in [-0.15, -0.1) is 0 Å². The van der Waals surface area contributed by atoms with Gasteiger partial charge in [0.25, 0.3) is 0 Å². The third-order valence-electron chi connectivity index (χ3n) is 12.5. The highest BCUT2D eigenvalue weighted by Gasteiger charge is 2.33. The summed E-state index contributed by atoms with van der Waals surface area (Å²) >= 11 is 0. The molecule has 6 heteroatoms. The van der Waals surface area contributed by atoms with Gasteiger partial charge in [0, 0.05) is 87.5 Å². The lowest BCUT2D eigenvalue weighted by Crippen LogP contribution is -2.25. The molecule has 0 saturated carbocycles. The van der Waals surface area contributed by atoms with Gasteiger partial charge in [-0.25, -0.2) is 0 Å². The molecule has 8 aromatic carbocycles. The van der Waals surface area contributed by atoms with Crippen LogP contribution in [-0.2, 0) is 9.13 Å². The van der Waals surface area contributed by atoms with E-state index in [1.54, 1.807) is 0 Å². The molecule has 0 amide bonds. The second kappa shape index (κ2) is 15.4. The van der Waals surface area contributed by atoms with Crippen LogP contribution >= 0.6 is 14.3 Å². The van der Waals surface area contributed by atoms with Crippen molar-refractivity contribution in [3.05, 3.63) is 206 Å². The number of hydrogen-bond donors (Lipinski definition) is 0. The third-order valence-corrected chi connectivity index (χ3v) is 18.6. The molecule has 0 spiro atoms. The molecule has 60 heavy (non-hydrogen) atoms. The average molecular weight is 817 g/mol. The van der Waals surface area contributed by atoms with Crippen LogP contribution in [0.5, 0.6) is 0 Å². The normalized spacial score (nSPS) is 13.3. The molecule has 0 radical (unpaired) electrons. The zero-order valence-corrected chi connectivity index (χ0v) is 35.6. The standard InChI is InChI=1S/C54H46N2O2P2/c1-3-40(56-51-30-18-16-28-47(51)48-29-17-19-31-52(48)56)36-39(2)55-53-34-32-45(59(57,41-20-8-4-9-21-41)42-22-10-5-11-23-42)37-49(53)50-38-46(33-35-54(50)55)60(58,43-24-12-6-13-25-43)44-26-14-7-15-27-44/h4-35,37-40H,3,36H2,1-2H3. The van der Waals surface area contributed by atoms with Crippen molar-refractivity contribution in [2.75, 3.05) is 0 Å². The van der Waals surface area contributed by atoms with Crippen LogP contribution in [0.25, 0.3) is 43.6 Å². The second-order valence-electron chi connectivity index (χ2n) is 15.9. The van der Waals surface area contributed by atoms with Crippen LogP contribution in [0.1, 0.15) is 38.8 Å². The number of para-hydroxylation sites is 2.